The van der Waals surface area contributed by atoms with Crippen LogP contribution in [0, 0.1) is 13.8 Å². The molecule has 0 aliphatic carbocycles. The molecule has 0 heterocycles. The zero-order valence-electron chi connectivity index (χ0n) is 16.0. The van der Waals surface area contributed by atoms with Crippen LogP contribution in [0.2, 0.25) is 0 Å². The van der Waals surface area contributed by atoms with E-state index in [0.717, 1.165) is 42.7 Å². The van der Waals surface area contributed by atoms with Gasteiger partial charge < -0.3 is 9.80 Å². The molecule has 2 aromatic carbocycles. The van der Waals surface area contributed by atoms with Crippen molar-refractivity contribution in [2.45, 2.75) is 33.1 Å². The number of para-hydroxylation sites is 1. The normalized spacial score (nSPS) is 10.9. The van der Waals surface area contributed by atoms with E-state index in [1.807, 2.05) is 23.1 Å². The van der Waals surface area contributed by atoms with Crippen molar-refractivity contribution in [3.63, 3.8) is 0 Å². The lowest BCUT2D eigenvalue weighted by atomic mass is 10.1. The molecule has 1 amide bonds. The fraction of sp³-hybridized carbons (Fsp3) is 0.409. The number of nitrogens with zero attached hydrogens (tertiary/aromatic N) is 2. The molecular formula is C22H30N2O. The van der Waals surface area contributed by atoms with Crippen LogP contribution in [0.15, 0.2) is 48.5 Å². The maximum absolute atomic E-state index is 13.0. The van der Waals surface area contributed by atoms with Gasteiger partial charge in [-0.25, -0.2) is 0 Å². The predicted molar refractivity (Wildman–Crippen MR) is 106 cm³/mol. The summed E-state index contributed by atoms with van der Waals surface area (Å²) >= 11 is 0. The van der Waals surface area contributed by atoms with Crippen LogP contribution in [0.5, 0.6) is 0 Å². The average molecular weight is 338 g/mol. The molecule has 2 rings (SSSR count). The summed E-state index contributed by atoms with van der Waals surface area (Å²) in [5.41, 5.74) is 4.63. The number of benzene rings is 2. The van der Waals surface area contributed by atoms with Gasteiger partial charge in [0.1, 0.15) is 0 Å². The number of rotatable bonds is 8. The Bertz CT molecular complexity index is 659. The van der Waals surface area contributed by atoms with Crippen LogP contribution in [0.4, 0.5) is 5.69 Å². The zero-order chi connectivity index (χ0) is 18.2. The summed E-state index contributed by atoms with van der Waals surface area (Å²) in [5.74, 6) is 0.208. The summed E-state index contributed by atoms with van der Waals surface area (Å²) in [5, 5.41) is 0. The third kappa shape index (κ3) is 5.71. The van der Waals surface area contributed by atoms with E-state index in [1.54, 1.807) is 0 Å². The van der Waals surface area contributed by atoms with Gasteiger partial charge in [0.25, 0.3) is 0 Å². The Morgan fingerprint density at radius 1 is 0.880 bits per heavy atom. The number of carbonyl (C=O) groups excluding carboxylic acids is 1. The van der Waals surface area contributed by atoms with E-state index >= 15 is 0 Å². The number of anilines is 1. The summed E-state index contributed by atoms with van der Waals surface area (Å²) in [4.78, 5) is 17.2. The van der Waals surface area contributed by atoms with Gasteiger partial charge in [-0.3, -0.25) is 4.79 Å². The molecule has 25 heavy (non-hydrogen) atoms. The maximum atomic E-state index is 13.0. The van der Waals surface area contributed by atoms with Crippen molar-refractivity contribution in [2.24, 2.45) is 0 Å². The molecule has 0 bridgehead atoms. The first-order valence-corrected chi connectivity index (χ1v) is 9.04. The van der Waals surface area contributed by atoms with Gasteiger partial charge in [0.15, 0.2) is 0 Å². The SMILES string of the molecule is Cc1cccc(C)c1N(CCCN(C)C)C(=O)CCc1ccccc1. The predicted octanol–water partition coefficient (Wildman–Crippen LogP) is 4.22. The molecule has 0 fully saturated rings. The minimum Gasteiger partial charge on any atom is -0.312 e. The largest absolute Gasteiger partial charge is 0.312 e. The van der Waals surface area contributed by atoms with Crippen LogP contribution in [-0.4, -0.2) is 38.0 Å². The standard InChI is InChI=1S/C22H30N2O/c1-18-10-8-11-19(2)22(18)24(17-9-16-23(3)4)21(25)15-14-20-12-6-5-7-13-20/h5-8,10-13H,9,14-17H2,1-4H3. The molecule has 0 N–H and O–H groups in total. The number of carbonyl (C=O) groups is 1. The number of hydrogen-bond donors (Lipinski definition) is 0. The monoisotopic (exact) mass is 338 g/mol. The first-order valence-electron chi connectivity index (χ1n) is 9.04. The lowest BCUT2D eigenvalue weighted by molar-refractivity contribution is -0.118. The van der Waals surface area contributed by atoms with Gasteiger partial charge in [-0.05, 0) is 64.0 Å². The van der Waals surface area contributed by atoms with Crippen molar-refractivity contribution >= 4 is 11.6 Å². The molecule has 134 valence electrons. The molecule has 0 saturated heterocycles. The Hall–Kier alpha value is -2.13. The van der Waals surface area contributed by atoms with Gasteiger partial charge >= 0.3 is 0 Å². The molecule has 0 unspecified atom stereocenters. The highest BCUT2D eigenvalue weighted by Crippen LogP contribution is 2.26. The Kier molecular flexibility index (Phi) is 7.20. The van der Waals surface area contributed by atoms with E-state index in [2.05, 4.69) is 63.2 Å². The van der Waals surface area contributed by atoms with Gasteiger partial charge in [-0.15, -0.1) is 0 Å². The number of amides is 1. The zero-order valence-corrected chi connectivity index (χ0v) is 16.0. The minimum absolute atomic E-state index is 0.208. The van der Waals surface area contributed by atoms with Gasteiger partial charge in [0.05, 0.1) is 0 Å². The summed E-state index contributed by atoms with van der Waals surface area (Å²) < 4.78 is 0. The molecular weight excluding hydrogens is 308 g/mol. The molecule has 3 heteroatoms. The highest BCUT2D eigenvalue weighted by Gasteiger charge is 2.19. The van der Waals surface area contributed by atoms with Gasteiger partial charge in [-0.2, -0.15) is 0 Å². The van der Waals surface area contributed by atoms with Crippen LogP contribution in [0.1, 0.15) is 29.5 Å². The van der Waals surface area contributed by atoms with Gasteiger partial charge in [-0.1, -0.05) is 48.5 Å². The quantitative estimate of drug-likeness (QED) is 0.719. The Morgan fingerprint density at radius 3 is 2.12 bits per heavy atom. The maximum Gasteiger partial charge on any atom is 0.227 e. The smallest absolute Gasteiger partial charge is 0.227 e. The van der Waals surface area contributed by atoms with Crippen molar-refractivity contribution in [2.75, 3.05) is 32.1 Å². The van der Waals surface area contributed by atoms with E-state index in [-0.39, 0.29) is 5.91 Å². The van der Waals surface area contributed by atoms with E-state index < -0.39 is 0 Å². The second-order valence-corrected chi connectivity index (χ2v) is 6.93. The fourth-order valence-electron chi connectivity index (χ4n) is 3.17. The van der Waals surface area contributed by atoms with E-state index in [0.29, 0.717) is 6.42 Å². The van der Waals surface area contributed by atoms with Crippen molar-refractivity contribution in [1.82, 2.24) is 4.90 Å². The van der Waals surface area contributed by atoms with Gasteiger partial charge in [0.2, 0.25) is 5.91 Å². The third-order valence-electron chi connectivity index (χ3n) is 4.47. The third-order valence-corrected chi connectivity index (χ3v) is 4.47. The summed E-state index contributed by atoms with van der Waals surface area (Å²) in [6.45, 7) is 5.92. The number of hydrogen-bond acceptors (Lipinski definition) is 2. The highest BCUT2D eigenvalue weighted by molar-refractivity contribution is 5.95. The van der Waals surface area contributed by atoms with Crippen molar-refractivity contribution in [3.05, 3.63) is 65.2 Å². The molecule has 3 nitrogen and oxygen atoms in total. The van der Waals surface area contributed by atoms with Crippen molar-refractivity contribution in [3.8, 4) is 0 Å². The summed E-state index contributed by atoms with van der Waals surface area (Å²) in [6, 6.07) is 16.5. The van der Waals surface area contributed by atoms with E-state index in [1.165, 1.54) is 5.56 Å². The van der Waals surface area contributed by atoms with Crippen LogP contribution in [0.25, 0.3) is 0 Å². The number of aryl methyl sites for hydroxylation is 3. The highest BCUT2D eigenvalue weighted by atomic mass is 16.2. The second kappa shape index (κ2) is 9.38. The first kappa shape index (κ1) is 19.2. The molecule has 2 aromatic rings. The summed E-state index contributed by atoms with van der Waals surface area (Å²) in [6.07, 6.45) is 2.30. The average Bonchev–Trinajstić information content (AvgIpc) is 2.58. The Labute approximate surface area is 152 Å². The molecule has 0 aliphatic heterocycles. The van der Waals surface area contributed by atoms with Gasteiger partial charge in [0, 0.05) is 18.7 Å². The van der Waals surface area contributed by atoms with Crippen LogP contribution in [-0.2, 0) is 11.2 Å². The molecule has 0 aromatic heterocycles. The topological polar surface area (TPSA) is 23.6 Å². The Balaban J connectivity index is 2.14. The van der Waals surface area contributed by atoms with Crippen molar-refractivity contribution in [1.29, 1.82) is 0 Å². The molecule has 0 spiro atoms. The van der Waals surface area contributed by atoms with E-state index in [4.69, 9.17) is 0 Å². The molecule has 0 radical (unpaired) electrons. The van der Waals surface area contributed by atoms with Crippen LogP contribution >= 0.6 is 0 Å². The molecule has 0 atom stereocenters. The molecule has 0 saturated carbocycles. The van der Waals surface area contributed by atoms with Crippen LogP contribution in [0.3, 0.4) is 0 Å². The Morgan fingerprint density at radius 2 is 1.52 bits per heavy atom. The first-order chi connectivity index (χ1) is 12.0. The lowest BCUT2D eigenvalue weighted by Gasteiger charge is -2.27. The lowest BCUT2D eigenvalue weighted by Crippen LogP contribution is -2.34. The van der Waals surface area contributed by atoms with Crippen molar-refractivity contribution < 1.29 is 4.79 Å². The second-order valence-electron chi connectivity index (χ2n) is 6.93. The fourth-order valence-corrected chi connectivity index (χ4v) is 3.17. The summed E-state index contributed by atoms with van der Waals surface area (Å²) in [7, 11) is 4.14. The molecule has 0 aliphatic rings. The van der Waals surface area contributed by atoms with E-state index in [9.17, 15) is 4.79 Å². The minimum atomic E-state index is 0.208. The van der Waals surface area contributed by atoms with Crippen LogP contribution < -0.4 is 4.90 Å².